The summed E-state index contributed by atoms with van der Waals surface area (Å²) in [6.45, 7) is 7.35. The molecule has 1 aliphatic carbocycles. The molecule has 0 bridgehead atoms. The van der Waals surface area contributed by atoms with Crippen LogP contribution in [0.1, 0.15) is 26.2 Å². The molecule has 0 radical (unpaired) electrons. The monoisotopic (exact) mass is 445 g/mol. The Morgan fingerprint density at radius 1 is 1.21 bits per heavy atom. The molecule has 2 aromatic heterocycles. The fourth-order valence-electron chi connectivity index (χ4n) is 5.23. The smallest absolute Gasteiger partial charge is 0.410 e. The van der Waals surface area contributed by atoms with Gasteiger partial charge in [0.2, 0.25) is 0 Å². The van der Waals surface area contributed by atoms with Crippen molar-refractivity contribution in [3.05, 3.63) is 36.9 Å². The van der Waals surface area contributed by atoms with Gasteiger partial charge in [-0.25, -0.2) is 14.4 Å². The number of ether oxygens (including phenoxy) is 1. The van der Waals surface area contributed by atoms with Crippen LogP contribution < -0.4 is 4.90 Å². The van der Waals surface area contributed by atoms with E-state index in [1.54, 1.807) is 25.5 Å². The number of rotatable bonds is 3. The van der Waals surface area contributed by atoms with E-state index in [1.807, 2.05) is 17.2 Å². The normalized spacial score (nSPS) is 19.2. The lowest BCUT2D eigenvalue weighted by Gasteiger charge is -2.46. The number of nitrogens with zero attached hydrogens (tertiary/aromatic N) is 6. The Balaban J connectivity index is 1.19. The lowest BCUT2D eigenvalue weighted by molar-refractivity contribution is -0.531. The molecule has 1 amide bonds. The van der Waals surface area contributed by atoms with Crippen LogP contribution in [0.15, 0.2) is 36.9 Å². The minimum atomic E-state index is -0.236. The van der Waals surface area contributed by atoms with Crippen LogP contribution in [0, 0.1) is 17.3 Å². The largest absolute Gasteiger partial charge is 0.436 e. The molecule has 2 aliphatic heterocycles. The quantitative estimate of drug-likeness (QED) is 0.534. The molecule has 1 saturated carbocycles. The summed E-state index contributed by atoms with van der Waals surface area (Å²) in [5.41, 5.74) is 3.65. The summed E-state index contributed by atoms with van der Waals surface area (Å²) in [6, 6.07) is 4.02. The second-order valence-electron chi connectivity index (χ2n) is 9.02. The highest BCUT2D eigenvalue weighted by Gasteiger charge is 2.51. The average molecular weight is 446 g/mol. The van der Waals surface area contributed by atoms with E-state index >= 15 is 0 Å². The van der Waals surface area contributed by atoms with Crippen molar-refractivity contribution in [2.24, 2.45) is 5.41 Å². The Morgan fingerprint density at radius 3 is 2.82 bits per heavy atom. The van der Waals surface area contributed by atoms with Gasteiger partial charge in [-0.15, -0.1) is 5.92 Å². The van der Waals surface area contributed by atoms with Gasteiger partial charge in [-0.1, -0.05) is 5.92 Å². The maximum atomic E-state index is 12.1. The first kappa shape index (κ1) is 21.4. The van der Waals surface area contributed by atoms with Gasteiger partial charge in [-0.05, 0) is 25.5 Å². The third-order valence-electron chi connectivity index (χ3n) is 6.93. The number of carbonyl (C=O) groups excluding carboxylic acids is 1. The van der Waals surface area contributed by atoms with Gasteiger partial charge in [0.1, 0.15) is 5.82 Å². The molecular formula is C25H29N6O2+. The van der Waals surface area contributed by atoms with Crippen LogP contribution in [0.2, 0.25) is 0 Å². The van der Waals surface area contributed by atoms with Crippen molar-refractivity contribution in [1.82, 2.24) is 19.9 Å². The van der Waals surface area contributed by atoms with Crippen LogP contribution >= 0.6 is 0 Å². The Hall–Kier alpha value is -3.47. The molecule has 170 valence electrons. The summed E-state index contributed by atoms with van der Waals surface area (Å²) in [6.07, 6.45) is 10.2. The molecule has 5 rings (SSSR count). The van der Waals surface area contributed by atoms with Crippen LogP contribution in [-0.4, -0.2) is 82.1 Å². The second-order valence-corrected chi connectivity index (χ2v) is 9.02. The lowest BCUT2D eigenvalue weighted by Crippen LogP contribution is -2.57. The van der Waals surface area contributed by atoms with E-state index in [1.165, 1.54) is 5.71 Å². The van der Waals surface area contributed by atoms with Gasteiger partial charge in [-0.2, -0.15) is 0 Å². The molecule has 3 aliphatic rings. The molecule has 1 spiro atoms. The number of hydrogen-bond donors (Lipinski definition) is 0. The van der Waals surface area contributed by atoms with Crippen LogP contribution in [0.4, 0.5) is 10.6 Å². The molecule has 0 aromatic carbocycles. The standard InChI is InChI=1S/C25H29N6O2/c1-2-3-15-33-24(32)31-18-25(19-31)7-6-20(16-25)29-11-13-30(14-12-29)23-21(5-4-8-28-23)22-17-26-9-10-27-22/h4-5,8-10,17H,6-7,11-16,18-19H2,1H3/q+1. The minimum Gasteiger partial charge on any atom is -0.436 e. The van der Waals surface area contributed by atoms with Crippen molar-refractivity contribution < 1.29 is 14.1 Å². The SMILES string of the molecule is CC#CCOC(=O)N1CC2(CCC(=[N+]3CCN(c4ncccc4-c4cnccn4)CC3)C2)C1. The van der Waals surface area contributed by atoms with Crippen molar-refractivity contribution in [2.45, 2.75) is 26.2 Å². The molecule has 2 aromatic rings. The van der Waals surface area contributed by atoms with E-state index in [4.69, 9.17) is 4.74 Å². The van der Waals surface area contributed by atoms with Crippen molar-refractivity contribution in [3.63, 3.8) is 0 Å². The maximum Gasteiger partial charge on any atom is 0.410 e. The van der Waals surface area contributed by atoms with Crippen LogP contribution in [0.5, 0.6) is 0 Å². The van der Waals surface area contributed by atoms with E-state index in [9.17, 15) is 4.79 Å². The minimum absolute atomic E-state index is 0.176. The van der Waals surface area contributed by atoms with Gasteiger partial charge in [-0.3, -0.25) is 9.97 Å². The number of amides is 1. The van der Waals surface area contributed by atoms with Crippen molar-refractivity contribution in [2.75, 3.05) is 50.8 Å². The third-order valence-corrected chi connectivity index (χ3v) is 6.93. The number of likely N-dealkylation sites (tertiary alicyclic amines) is 1. The average Bonchev–Trinajstić information content (AvgIpc) is 3.30. The zero-order valence-electron chi connectivity index (χ0n) is 19.0. The van der Waals surface area contributed by atoms with Crippen molar-refractivity contribution in [1.29, 1.82) is 0 Å². The predicted octanol–water partition coefficient (Wildman–Crippen LogP) is 2.46. The number of pyridine rings is 1. The van der Waals surface area contributed by atoms with Crippen LogP contribution in [-0.2, 0) is 4.74 Å². The molecule has 0 unspecified atom stereocenters. The van der Waals surface area contributed by atoms with Gasteiger partial charge in [0.25, 0.3) is 0 Å². The van der Waals surface area contributed by atoms with E-state index < -0.39 is 0 Å². The highest BCUT2D eigenvalue weighted by molar-refractivity contribution is 5.84. The Kier molecular flexibility index (Phi) is 5.95. The molecule has 8 heteroatoms. The lowest BCUT2D eigenvalue weighted by atomic mass is 9.78. The molecule has 0 N–H and O–H groups in total. The van der Waals surface area contributed by atoms with E-state index in [-0.39, 0.29) is 18.1 Å². The van der Waals surface area contributed by atoms with Gasteiger partial charge < -0.3 is 14.5 Å². The van der Waals surface area contributed by atoms with Crippen molar-refractivity contribution in [3.8, 4) is 23.1 Å². The predicted molar refractivity (Wildman–Crippen MR) is 125 cm³/mol. The molecule has 0 atom stereocenters. The first-order valence-corrected chi connectivity index (χ1v) is 11.5. The summed E-state index contributed by atoms with van der Waals surface area (Å²) in [5.74, 6) is 6.50. The van der Waals surface area contributed by atoms with Gasteiger partial charge in [0, 0.05) is 55.5 Å². The van der Waals surface area contributed by atoms with E-state index in [0.29, 0.717) is 0 Å². The summed E-state index contributed by atoms with van der Waals surface area (Å²) < 4.78 is 7.75. The highest BCUT2D eigenvalue weighted by atomic mass is 16.6. The molecular weight excluding hydrogens is 416 g/mol. The van der Waals surface area contributed by atoms with Gasteiger partial charge in [0.05, 0.1) is 25.0 Å². The Labute approximate surface area is 194 Å². The van der Waals surface area contributed by atoms with E-state index in [2.05, 4.69) is 42.3 Å². The number of piperazine rings is 1. The molecule has 4 heterocycles. The topological polar surface area (TPSA) is 74.5 Å². The zero-order chi connectivity index (χ0) is 22.7. The molecule has 33 heavy (non-hydrogen) atoms. The molecule has 3 fully saturated rings. The third kappa shape index (κ3) is 4.40. The van der Waals surface area contributed by atoms with Gasteiger partial charge >= 0.3 is 6.09 Å². The van der Waals surface area contributed by atoms with E-state index in [0.717, 1.165) is 75.6 Å². The van der Waals surface area contributed by atoms with Crippen molar-refractivity contribution >= 4 is 17.6 Å². The summed E-state index contributed by atoms with van der Waals surface area (Å²) in [7, 11) is 0. The zero-order valence-corrected chi connectivity index (χ0v) is 19.0. The first-order chi connectivity index (χ1) is 16.2. The second kappa shape index (κ2) is 9.18. The summed E-state index contributed by atoms with van der Waals surface area (Å²) in [4.78, 5) is 29.6. The first-order valence-electron chi connectivity index (χ1n) is 11.5. The summed E-state index contributed by atoms with van der Waals surface area (Å²) in [5, 5.41) is 0. The fraction of sp³-hybridized carbons (Fsp3) is 0.480. The maximum absolute atomic E-state index is 12.1. The number of hydrogen-bond acceptors (Lipinski definition) is 6. The Bertz CT molecular complexity index is 1100. The number of anilines is 1. The number of aromatic nitrogens is 3. The summed E-state index contributed by atoms with van der Waals surface area (Å²) >= 11 is 0. The van der Waals surface area contributed by atoms with Crippen LogP contribution in [0.3, 0.4) is 0 Å². The van der Waals surface area contributed by atoms with Gasteiger partial charge in [0.15, 0.2) is 25.4 Å². The van der Waals surface area contributed by atoms with Crippen LogP contribution in [0.25, 0.3) is 11.3 Å². The fourth-order valence-corrected chi connectivity index (χ4v) is 5.23. The Morgan fingerprint density at radius 2 is 2.06 bits per heavy atom. The molecule has 2 saturated heterocycles. The number of carbonyl (C=O) groups is 1. The molecule has 8 nitrogen and oxygen atoms in total. The highest BCUT2D eigenvalue weighted by Crippen LogP contribution is 2.44.